The highest BCUT2D eigenvalue weighted by Crippen LogP contribution is 2.26. The van der Waals surface area contributed by atoms with Gasteiger partial charge in [-0.25, -0.2) is 4.39 Å². The molecule has 1 aliphatic rings. The summed E-state index contributed by atoms with van der Waals surface area (Å²) in [6.07, 6.45) is 0.695. The molecule has 3 heteroatoms. The van der Waals surface area contributed by atoms with Crippen LogP contribution in [0.4, 0.5) is 4.39 Å². The second kappa shape index (κ2) is 4.95. The van der Waals surface area contributed by atoms with Crippen LogP contribution in [0.25, 0.3) is 0 Å². The summed E-state index contributed by atoms with van der Waals surface area (Å²) in [4.78, 5) is 0. The van der Waals surface area contributed by atoms with Gasteiger partial charge >= 0.3 is 0 Å². The summed E-state index contributed by atoms with van der Waals surface area (Å²) in [7, 11) is 0. The van der Waals surface area contributed by atoms with E-state index in [0.717, 1.165) is 13.0 Å². The second-order valence-corrected chi connectivity index (χ2v) is 4.26. The molecule has 1 aromatic rings. The molecule has 0 spiro atoms. The van der Waals surface area contributed by atoms with E-state index in [1.165, 1.54) is 5.56 Å². The maximum Gasteiger partial charge on any atom is 0.119 e. The van der Waals surface area contributed by atoms with Crippen LogP contribution in [0.2, 0.25) is 0 Å². The number of rotatable bonds is 2. The lowest BCUT2D eigenvalue weighted by atomic mass is 9.90. The van der Waals surface area contributed by atoms with Crippen molar-refractivity contribution in [2.24, 2.45) is 0 Å². The fourth-order valence-corrected chi connectivity index (χ4v) is 2.11. The summed E-state index contributed by atoms with van der Waals surface area (Å²) in [5.41, 5.74) is 0.841. The minimum absolute atomic E-state index is 0. The molecule has 2 rings (SSSR count). The third kappa shape index (κ3) is 2.70. The summed E-state index contributed by atoms with van der Waals surface area (Å²) >= 11 is 0. The zero-order valence-electron chi connectivity index (χ0n) is 8.87. The zero-order valence-corrected chi connectivity index (χ0v) is 9.69. The van der Waals surface area contributed by atoms with Crippen LogP contribution < -0.4 is 5.32 Å². The topological polar surface area (TPSA) is 12.0 Å². The standard InChI is InChI=1S/C12H16FN.ClH/c1-12(11(13)7-8-14-12)9-10-5-3-2-4-6-10;/h2-6,11,14H,7-9H2,1H3;1H. The summed E-state index contributed by atoms with van der Waals surface area (Å²) in [5, 5.41) is 3.26. The Kier molecular flexibility index (Phi) is 4.12. The van der Waals surface area contributed by atoms with Crippen molar-refractivity contribution in [3.05, 3.63) is 35.9 Å². The van der Waals surface area contributed by atoms with Gasteiger partial charge in [0.15, 0.2) is 0 Å². The quantitative estimate of drug-likeness (QED) is 0.823. The first kappa shape index (κ1) is 12.5. The molecule has 2 atom stereocenters. The number of nitrogens with one attached hydrogen (secondary N) is 1. The molecule has 1 saturated heterocycles. The number of alkyl halides is 1. The van der Waals surface area contributed by atoms with Gasteiger partial charge in [0.2, 0.25) is 0 Å². The fourth-order valence-electron chi connectivity index (χ4n) is 2.11. The first-order chi connectivity index (χ1) is 6.71. The molecule has 1 aliphatic heterocycles. The lowest BCUT2D eigenvalue weighted by molar-refractivity contribution is 0.217. The van der Waals surface area contributed by atoms with Gasteiger partial charge in [-0.3, -0.25) is 0 Å². The minimum Gasteiger partial charge on any atom is -0.308 e. The van der Waals surface area contributed by atoms with Crippen LogP contribution in [0.15, 0.2) is 30.3 Å². The smallest absolute Gasteiger partial charge is 0.119 e. The fraction of sp³-hybridized carbons (Fsp3) is 0.500. The Morgan fingerprint density at radius 2 is 2.07 bits per heavy atom. The molecule has 1 nitrogen and oxygen atoms in total. The van der Waals surface area contributed by atoms with Gasteiger partial charge in [0, 0.05) is 0 Å². The van der Waals surface area contributed by atoms with Crippen LogP contribution in [0.3, 0.4) is 0 Å². The van der Waals surface area contributed by atoms with E-state index >= 15 is 0 Å². The van der Waals surface area contributed by atoms with E-state index in [1.807, 2.05) is 25.1 Å². The van der Waals surface area contributed by atoms with Crippen LogP contribution in [-0.2, 0) is 6.42 Å². The molecule has 0 bridgehead atoms. The predicted molar refractivity (Wildman–Crippen MR) is 63.3 cm³/mol. The molecular formula is C12H17ClFN. The van der Waals surface area contributed by atoms with Gasteiger partial charge in [-0.2, -0.15) is 0 Å². The molecule has 1 aromatic carbocycles. The van der Waals surface area contributed by atoms with Crippen molar-refractivity contribution in [3.63, 3.8) is 0 Å². The Morgan fingerprint density at radius 3 is 2.60 bits per heavy atom. The average Bonchev–Trinajstić information content (AvgIpc) is 2.48. The molecule has 0 saturated carbocycles. The van der Waals surface area contributed by atoms with Crippen molar-refractivity contribution in [1.82, 2.24) is 5.32 Å². The molecule has 84 valence electrons. The van der Waals surface area contributed by atoms with Crippen molar-refractivity contribution < 1.29 is 4.39 Å². The molecule has 0 aliphatic carbocycles. The lowest BCUT2D eigenvalue weighted by Gasteiger charge is -2.27. The number of benzene rings is 1. The van der Waals surface area contributed by atoms with Crippen LogP contribution in [-0.4, -0.2) is 18.3 Å². The Hall–Kier alpha value is -0.600. The molecular weight excluding hydrogens is 213 g/mol. The molecule has 1 heterocycles. The largest absolute Gasteiger partial charge is 0.308 e. The first-order valence-electron chi connectivity index (χ1n) is 5.14. The van der Waals surface area contributed by atoms with Crippen LogP contribution in [0, 0.1) is 0 Å². The maximum absolute atomic E-state index is 13.6. The Labute approximate surface area is 96.5 Å². The van der Waals surface area contributed by atoms with E-state index < -0.39 is 6.17 Å². The van der Waals surface area contributed by atoms with Gasteiger partial charge < -0.3 is 5.32 Å². The van der Waals surface area contributed by atoms with E-state index in [2.05, 4.69) is 17.4 Å². The number of hydrogen-bond acceptors (Lipinski definition) is 1. The lowest BCUT2D eigenvalue weighted by Crippen LogP contribution is -2.44. The van der Waals surface area contributed by atoms with Crippen LogP contribution >= 0.6 is 12.4 Å². The monoisotopic (exact) mass is 229 g/mol. The van der Waals surface area contributed by atoms with Crippen molar-refractivity contribution in [1.29, 1.82) is 0 Å². The molecule has 0 aromatic heterocycles. The van der Waals surface area contributed by atoms with Crippen molar-refractivity contribution in [3.8, 4) is 0 Å². The second-order valence-electron chi connectivity index (χ2n) is 4.26. The van der Waals surface area contributed by atoms with Crippen molar-refractivity contribution in [2.45, 2.75) is 31.5 Å². The van der Waals surface area contributed by atoms with Crippen molar-refractivity contribution in [2.75, 3.05) is 6.54 Å². The van der Waals surface area contributed by atoms with Crippen LogP contribution in [0.1, 0.15) is 18.9 Å². The van der Waals surface area contributed by atoms with E-state index in [9.17, 15) is 4.39 Å². The van der Waals surface area contributed by atoms with E-state index in [-0.39, 0.29) is 17.9 Å². The Morgan fingerprint density at radius 1 is 1.40 bits per heavy atom. The van der Waals surface area contributed by atoms with E-state index in [4.69, 9.17) is 0 Å². The zero-order chi connectivity index (χ0) is 10.0. The van der Waals surface area contributed by atoms with Gasteiger partial charge in [-0.05, 0) is 31.9 Å². The SMILES string of the molecule is CC1(Cc2ccccc2)NCCC1F.Cl. The van der Waals surface area contributed by atoms with Crippen LogP contribution in [0.5, 0.6) is 0 Å². The minimum atomic E-state index is -0.720. The Balaban J connectivity index is 0.00000112. The van der Waals surface area contributed by atoms with E-state index in [0.29, 0.717) is 6.42 Å². The molecule has 1 N–H and O–H groups in total. The molecule has 15 heavy (non-hydrogen) atoms. The number of hydrogen-bond donors (Lipinski definition) is 1. The highest BCUT2D eigenvalue weighted by Gasteiger charge is 2.38. The van der Waals surface area contributed by atoms with Gasteiger partial charge in [-0.15, -0.1) is 12.4 Å². The van der Waals surface area contributed by atoms with Crippen molar-refractivity contribution >= 4 is 12.4 Å². The molecule has 2 unspecified atom stereocenters. The van der Waals surface area contributed by atoms with Gasteiger partial charge in [0.1, 0.15) is 6.17 Å². The summed E-state index contributed by atoms with van der Waals surface area (Å²) in [5.74, 6) is 0. The number of halogens is 2. The maximum atomic E-state index is 13.6. The summed E-state index contributed by atoms with van der Waals surface area (Å²) < 4.78 is 13.6. The molecule has 0 amide bonds. The first-order valence-corrected chi connectivity index (χ1v) is 5.14. The summed E-state index contributed by atoms with van der Waals surface area (Å²) in [6, 6.07) is 10.1. The molecule has 1 fully saturated rings. The molecule has 0 radical (unpaired) electrons. The predicted octanol–water partition coefficient (Wildman–Crippen LogP) is 2.74. The third-order valence-electron chi connectivity index (χ3n) is 3.03. The average molecular weight is 230 g/mol. The van der Waals surface area contributed by atoms with Gasteiger partial charge in [0.25, 0.3) is 0 Å². The normalized spacial score (nSPS) is 29.9. The Bertz CT molecular complexity index is 304. The van der Waals surface area contributed by atoms with Gasteiger partial charge in [-0.1, -0.05) is 30.3 Å². The highest BCUT2D eigenvalue weighted by molar-refractivity contribution is 5.85. The van der Waals surface area contributed by atoms with E-state index in [1.54, 1.807) is 0 Å². The highest BCUT2D eigenvalue weighted by atomic mass is 35.5. The third-order valence-corrected chi connectivity index (χ3v) is 3.03. The van der Waals surface area contributed by atoms with Gasteiger partial charge in [0.05, 0.1) is 5.54 Å². The summed E-state index contributed by atoms with van der Waals surface area (Å²) in [6.45, 7) is 2.77.